The number of Topliss-reactive ketones (excluding diaryl/α,β-unsaturated/α-hetero) is 1. The molecule has 4 atom stereocenters. The maximum absolute atomic E-state index is 14.8. The van der Waals surface area contributed by atoms with E-state index in [9.17, 15) is 38.7 Å². The molecular weight excluding hydrogens is 714 g/mol. The summed E-state index contributed by atoms with van der Waals surface area (Å²) in [5.74, 6) is -3.98. The molecule has 55 heavy (non-hydrogen) atoms. The average molecular weight is 764 g/mol. The second kappa shape index (κ2) is 17.7. The number of ketones is 1. The first-order chi connectivity index (χ1) is 26.1. The van der Waals surface area contributed by atoms with Crippen LogP contribution in [0.5, 0.6) is 0 Å². The van der Waals surface area contributed by atoms with Gasteiger partial charge in [0.05, 0.1) is 24.0 Å². The van der Waals surface area contributed by atoms with Crippen LogP contribution in [0, 0.1) is 5.92 Å². The number of likely N-dealkylation sites (tertiary alicyclic amines) is 1. The lowest BCUT2D eigenvalue weighted by molar-refractivity contribution is -0.142. The number of hydrogen-bond acceptors (Lipinski definition) is 10. The number of aliphatic hydroxyl groups is 1. The molecule has 0 spiro atoms. The summed E-state index contributed by atoms with van der Waals surface area (Å²) in [6.45, 7) is 3.13. The van der Waals surface area contributed by atoms with E-state index in [-0.39, 0.29) is 49.4 Å². The lowest BCUT2D eigenvalue weighted by atomic mass is 9.84. The summed E-state index contributed by atoms with van der Waals surface area (Å²) in [6.07, 6.45) is 5.79. The predicted octanol–water partition coefficient (Wildman–Crippen LogP) is 1.24. The Balaban J connectivity index is 1.44. The Morgan fingerprint density at radius 3 is 2.45 bits per heavy atom. The fourth-order valence-corrected chi connectivity index (χ4v) is 7.53. The number of amides is 5. The number of benzene rings is 1. The molecule has 2 fully saturated rings. The molecule has 2 aliphatic rings. The minimum absolute atomic E-state index is 0.00298. The Hall–Kier alpha value is -5.65. The Bertz CT molecular complexity index is 1960. The smallest absolute Gasteiger partial charge is 0.404 e. The number of rotatable bonds is 16. The van der Waals surface area contributed by atoms with Crippen LogP contribution in [-0.4, -0.2) is 102 Å². The average Bonchev–Trinajstić information content (AvgIpc) is 3.82. The van der Waals surface area contributed by atoms with Crippen molar-refractivity contribution in [1.29, 1.82) is 0 Å². The number of H-pyrrole nitrogens is 1. The molecule has 3 heterocycles. The zero-order valence-electron chi connectivity index (χ0n) is 31.0. The van der Waals surface area contributed by atoms with Crippen molar-refractivity contribution < 1.29 is 39.0 Å². The number of hydrogen-bond donors (Lipinski definition) is 7. The third-order valence-electron chi connectivity index (χ3n) is 10.4. The molecule has 3 aromatic rings. The van der Waals surface area contributed by atoms with Crippen LogP contribution in [-0.2, 0) is 24.8 Å². The molecule has 1 aliphatic carbocycles. The van der Waals surface area contributed by atoms with Crippen molar-refractivity contribution in [3.63, 3.8) is 0 Å². The van der Waals surface area contributed by atoms with E-state index < -0.39 is 65.3 Å². The van der Waals surface area contributed by atoms with Gasteiger partial charge in [0.15, 0.2) is 0 Å². The van der Waals surface area contributed by atoms with Crippen LogP contribution in [0.3, 0.4) is 0 Å². The number of aromatic amines is 1. The molecule has 8 N–H and O–H groups in total. The van der Waals surface area contributed by atoms with E-state index in [1.807, 2.05) is 0 Å². The van der Waals surface area contributed by atoms with Crippen molar-refractivity contribution in [3.8, 4) is 0 Å². The van der Waals surface area contributed by atoms with Crippen molar-refractivity contribution >= 4 is 46.4 Å². The van der Waals surface area contributed by atoms with Gasteiger partial charge in [-0.3, -0.25) is 28.8 Å². The molecule has 5 amide bonds. The summed E-state index contributed by atoms with van der Waals surface area (Å²) in [5.41, 5.74) is 4.80. The van der Waals surface area contributed by atoms with Gasteiger partial charge in [-0.25, -0.2) is 9.48 Å². The SMILES string of the molecule is CC(C)(O)c1cnnn1[C@H]1C[C@@H](C(=O)NC(CCCCNC(=O)O)C(=O)C(N)=O)N(C(=O)[C@@H](CC2CCCCC2)NC(=O)c2ccc3[nH]c(=O)ccc3c2)C1. The summed E-state index contributed by atoms with van der Waals surface area (Å²) < 4.78 is 1.46. The minimum atomic E-state index is -1.38. The Kier molecular flexibility index (Phi) is 13.0. The van der Waals surface area contributed by atoms with Crippen molar-refractivity contribution in [2.24, 2.45) is 11.7 Å². The van der Waals surface area contributed by atoms with Crippen LogP contribution in [0.15, 0.2) is 41.3 Å². The van der Waals surface area contributed by atoms with Gasteiger partial charge in [0.2, 0.25) is 23.2 Å². The van der Waals surface area contributed by atoms with Crippen LogP contribution in [0.2, 0.25) is 0 Å². The zero-order chi connectivity index (χ0) is 39.9. The van der Waals surface area contributed by atoms with E-state index in [1.165, 1.54) is 21.8 Å². The third-order valence-corrected chi connectivity index (χ3v) is 10.4. The van der Waals surface area contributed by atoms with Crippen molar-refractivity contribution in [1.82, 2.24) is 40.8 Å². The van der Waals surface area contributed by atoms with Gasteiger partial charge >= 0.3 is 6.09 Å². The van der Waals surface area contributed by atoms with Crippen LogP contribution in [0.25, 0.3) is 10.9 Å². The number of pyridine rings is 1. The first kappa shape index (κ1) is 40.5. The van der Waals surface area contributed by atoms with E-state index >= 15 is 0 Å². The van der Waals surface area contributed by atoms with Gasteiger partial charge in [-0.15, -0.1) is 5.10 Å². The quantitative estimate of drug-likeness (QED) is 0.0805. The summed E-state index contributed by atoms with van der Waals surface area (Å²) in [6, 6.07) is 3.48. The number of unbranched alkanes of at least 4 members (excludes halogenated alkanes) is 1. The molecule has 1 unspecified atom stereocenters. The molecule has 2 aromatic heterocycles. The van der Waals surface area contributed by atoms with Gasteiger partial charge in [0.25, 0.3) is 11.8 Å². The van der Waals surface area contributed by atoms with Crippen LogP contribution in [0.4, 0.5) is 4.79 Å². The highest BCUT2D eigenvalue weighted by Crippen LogP contribution is 2.33. The van der Waals surface area contributed by atoms with Gasteiger partial charge < -0.3 is 41.8 Å². The summed E-state index contributed by atoms with van der Waals surface area (Å²) >= 11 is 0. The number of nitrogens with two attached hydrogens (primary N) is 1. The number of primary amides is 1. The molecule has 18 nitrogen and oxygen atoms in total. The number of nitrogens with one attached hydrogen (secondary N) is 4. The number of carbonyl (C=O) groups is 6. The Labute approximate surface area is 316 Å². The Morgan fingerprint density at radius 2 is 1.76 bits per heavy atom. The van der Waals surface area contributed by atoms with E-state index in [1.54, 1.807) is 38.1 Å². The first-order valence-electron chi connectivity index (χ1n) is 18.6. The maximum Gasteiger partial charge on any atom is 0.404 e. The maximum atomic E-state index is 14.8. The summed E-state index contributed by atoms with van der Waals surface area (Å²) in [7, 11) is 0. The lowest BCUT2D eigenvalue weighted by Crippen LogP contribution is -2.56. The van der Waals surface area contributed by atoms with Crippen LogP contribution < -0.4 is 27.2 Å². The molecule has 0 bridgehead atoms. The number of nitrogens with zero attached hydrogens (tertiary/aromatic N) is 4. The molecule has 1 saturated heterocycles. The van der Waals surface area contributed by atoms with Gasteiger partial charge in [-0.1, -0.05) is 37.3 Å². The predicted molar refractivity (Wildman–Crippen MR) is 197 cm³/mol. The molecule has 5 rings (SSSR count). The fourth-order valence-electron chi connectivity index (χ4n) is 7.53. The zero-order valence-corrected chi connectivity index (χ0v) is 31.0. The Morgan fingerprint density at radius 1 is 1.02 bits per heavy atom. The second-order valence-electron chi connectivity index (χ2n) is 14.9. The highest BCUT2D eigenvalue weighted by molar-refractivity contribution is 6.37. The molecule has 18 heteroatoms. The molecular formula is C37H49N9O9. The monoisotopic (exact) mass is 763 g/mol. The van der Waals surface area contributed by atoms with Gasteiger partial charge in [0, 0.05) is 36.7 Å². The molecule has 0 radical (unpaired) electrons. The number of fused-ring (bicyclic) bond motifs is 1. The van der Waals surface area contributed by atoms with Gasteiger partial charge in [-0.05, 0) is 75.1 Å². The molecule has 1 saturated carbocycles. The highest BCUT2D eigenvalue weighted by atomic mass is 16.4. The largest absolute Gasteiger partial charge is 0.465 e. The normalized spacial score (nSPS) is 18.7. The summed E-state index contributed by atoms with van der Waals surface area (Å²) in [4.78, 5) is 94.3. The van der Waals surface area contributed by atoms with E-state index in [2.05, 4.69) is 31.2 Å². The van der Waals surface area contributed by atoms with Crippen LogP contribution in [0.1, 0.15) is 100 Å². The van der Waals surface area contributed by atoms with Crippen molar-refractivity contribution in [3.05, 3.63) is 58.1 Å². The van der Waals surface area contributed by atoms with Gasteiger partial charge in [-0.2, -0.15) is 0 Å². The van der Waals surface area contributed by atoms with Crippen LogP contribution >= 0.6 is 0 Å². The van der Waals surface area contributed by atoms with Gasteiger partial charge in [0.1, 0.15) is 17.7 Å². The topological polar surface area (TPSA) is 272 Å². The molecule has 296 valence electrons. The minimum Gasteiger partial charge on any atom is -0.465 e. The molecule has 1 aromatic carbocycles. The van der Waals surface area contributed by atoms with E-state index in [0.717, 1.165) is 32.1 Å². The molecule has 1 aliphatic heterocycles. The summed E-state index contributed by atoms with van der Waals surface area (Å²) in [5, 5.41) is 36.2. The fraction of sp³-hybridized carbons (Fsp3) is 0.541. The van der Waals surface area contributed by atoms with Crippen molar-refractivity contribution in [2.45, 2.75) is 108 Å². The third kappa shape index (κ3) is 10.3. The number of carboxylic acid groups (broad SMARTS) is 1. The highest BCUT2D eigenvalue weighted by Gasteiger charge is 2.45. The first-order valence-corrected chi connectivity index (χ1v) is 18.6. The number of carbonyl (C=O) groups excluding carboxylic acids is 5. The number of aromatic nitrogens is 4. The standard InChI is InChI=1S/C37H49N9O9/c1-37(2,55)29-19-40-44-46(29)24-18-28(34(51)42-26(31(48)32(38)49)10-6-7-15-39-36(53)54)45(20-24)35(52)27(16-21-8-4-3-5-9-21)43-33(50)23-11-13-25-22(17-23)12-14-30(47)41-25/h11-14,17,19,21,24,26-28,39,55H,3-10,15-16,18,20H2,1-2H3,(H2,38,49)(H,41,47)(H,42,51)(H,43,50)(H,53,54)/t24-,26?,27+,28-/m0/s1. The lowest BCUT2D eigenvalue weighted by Gasteiger charge is -2.32. The van der Waals surface area contributed by atoms with Crippen molar-refractivity contribution in [2.75, 3.05) is 13.1 Å². The second-order valence-corrected chi connectivity index (χ2v) is 14.9. The van der Waals surface area contributed by atoms with E-state index in [0.29, 0.717) is 29.4 Å². The van der Waals surface area contributed by atoms with E-state index in [4.69, 9.17) is 10.8 Å².